The van der Waals surface area contributed by atoms with Crippen molar-refractivity contribution in [3.63, 3.8) is 0 Å². The Balaban J connectivity index is 1.89. The van der Waals surface area contributed by atoms with Crippen molar-refractivity contribution < 1.29 is 6.11 Å². The van der Waals surface area contributed by atoms with Crippen LogP contribution in [0.4, 0.5) is 0 Å². The number of benzene rings is 1. The molecule has 0 spiro atoms. The molecular weight excluding hydrogens is 284 g/mol. The number of para-hydroxylation sites is 1. The summed E-state index contributed by atoms with van der Waals surface area (Å²) >= 11 is 0. The summed E-state index contributed by atoms with van der Waals surface area (Å²) in [5.41, 5.74) is 1.62. The molecule has 0 saturated heterocycles. The Kier molecular flexibility index (Phi) is 3.19. The van der Waals surface area contributed by atoms with E-state index in [1.807, 2.05) is 6.92 Å². The van der Waals surface area contributed by atoms with E-state index in [-0.39, 0.29) is 12.3 Å². The van der Waals surface area contributed by atoms with Crippen LogP contribution in [0.2, 0.25) is 0 Å². The summed E-state index contributed by atoms with van der Waals surface area (Å²) in [4.78, 5) is 12.0. The topological polar surface area (TPSA) is 79.8 Å². The van der Waals surface area contributed by atoms with Crippen LogP contribution in [0, 0.1) is 6.92 Å². The highest BCUT2D eigenvalue weighted by molar-refractivity contribution is 5.35. The number of ether oxygens (including phenoxy) is 1. The van der Waals surface area contributed by atoms with E-state index >= 15 is 0 Å². The molecule has 0 aliphatic heterocycles. The van der Waals surface area contributed by atoms with Gasteiger partial charge in [0.05, 0.1) is 7.57 Å². The molecule has 2 heterocycles. The van der Waals surface area contributed by atoms with Gasteiger partial charge in [0, 0.05) is 14.1 Å². The van der Waals surface area contributed by atoms with E-state index < -0.39 is 0 Å². The first kappa shape index (κ1) is 12.8. The molecule has 0 amide bonds. The van der Waals surface area contributed by atoms with Crippen LogP contribution >= 0.6 is 0 Å². The van der Waals surface area contributed by atoms with E-state index in [4.69, 9.17) is 6.11 Å². The predicted octanol–water partition coefficient (Wildman–Crippen LogP) is 0.587. The summed E-state index contributed by atoms with van der Waals surface area (Å²) in [5.74, 6) is 0.670. The standard InChI is InChI=1S/C14H16N6O2/c1-10-6-4-5-7-13(10)22-9-11-12(8-18(2)15-11)20-14(21)19(3)16-17-20/h4-8H,9H2,1-3H3/i4T. The van der Waals surface area contributed by atoms with Gasteiger partial charge in [-0.15, -0.1) is 0 Å². The fourth-order valence-corrected chi connectivity index (χ4v) is 2.07. The van der Waals surface area contributed by atoms with Gasteiger partial charge in [0.2, 0.25) is 0 Å². The SMILES string of the molecule is [3H]c1ccc(OCc2nn(C)cc2-n2nnn(C)c2=O)c(C)c1. The van der Waals surface area contributed by atoms with Crippen LogP contribution in [0.3, 0.4) is 0 Å². The molecule has 3 rings (SSSR count). The Morgan fingerprint density at radius 3 is 2.82 bits per heavy atom. The lowest BCUT2D eigenvalue weighted by molar-refractivity contribution is 0.297. The maximum atomic E-state index is 12.0. The van der Waals surface area contributed by atoms with Crippen LogP contribution in [-0.2, 0) is 20.7 Å². The number of rotatable bonds is 4. The lowest BCUT2D eigenvalue weighted by Crippen LogP contribution is -2.22. The average molecular weight is 302 g/mol. The summed E-state index contributed by atoms with van der Waals surface area (Å²) < 4.78 is 17.3. The molecule has 2 aromatic heterocycles. The fourth-order valence-electron chi connectivity index (χ4n) is 2.07. The summed E-state index contributed by atoms with van der Waals surface area (Å²) in [5, 5.41) is 11.8. The lowest BCUT2D eigenvalue weighted by Gasteiger charge is -2.08. The molecule has 3 aromatic rings. The van der Waals surface area contributed by atoms with Gasteiger partial charge in [0.15, 0.2) is 0 Å². The second-order valence-corrected chi connectivity index (χ2v) is 4.91. The number of aryl methyl sites for hydroxylation is 3. The first-order valence-corrected chi connectivity index (χ1v) is 6.67. The van der Waals surface area contributed by atoms with Crippen molar-refractivity contribution in [1.82, 2.24) is 29.6 Å². The highest BCUT2D eigenvalue weighted by Gasteiger charge is 2.15. The van der Waals surface area contributed by atoms with Crippen molar-refractivity contribution in [3.8, 4) is 11.4 Å². The highest BCUT2D eigenvalue weighted by atomic mass is 16.5. The third-order valence-corrected chi connectivity index (χ3v) is 3.22. The molecule has 0 bridgehead atoms. The van der Waals surface area contributed by atoms with Gasteiger partial charge in [0.1, 0.15) is 23.7 Å². The number of hydrogen-bond acceptors (Lipinski definition) is 5. The zero-order valence-electron chi connectivity index (χ0n) is 13.5. The highest BCUT2D eigenvalue weighted by Crippen LogP contribution is 2.19. The van der Waals surface area contributed by atoms with Crippen LogP contribution in [-0.4, -0.2) is 29.6 Å². The smallest absolute Gasteiger partial charge is 0.368 e. The molecule has 22 heavy (non-hydrogen) atoms. The average Bonchev–Trinajstić information content (AvgIpc) is 3.02. The number of tetrazole rings is 1. The minimum atomic E-state index is -0.353. The van der Waals surface area contributed by atoms with E-state index in [2.05, 4.69) is 15.5 Å². The van der Waals surface area contributed by atoms with Gasteiger partial charge in [-0.25, -0.2) is 4.79 Å². The lowest BCUT2D eigenvalue weighted by atomic mass is 10.2. The van der Waals surface area contributed by atoms with E-state index in [0.29, 0.717) is 23.2 Å². The summed E-state index contributed by atoms with van der Waals surface area (Å²) in [7, 11) is 3.29. The normalized spacial score (nSPS) is 11.5. The Morgan fingerprint density at radius 1 is 1.32 bits per heavy atom. The Bertz CT molecular complexity index is 910. The van der Waals surface area contributed by atoms with E-state index in [1.54, 1.807) is 36.1 Å². The minimum Gasteiger partial charge on any atom is -0.487 e. The van der Waals surface area contributed by atoms with Gasteiger partial charge in [-0.1, -0.05) is 18.2 Å². The third-order valence-electron chi connectivity index (χ3n) is 3.22. The molecule has 0 fully saturated rings. The summed E-state index contributed by atoms with van der Waals surface area (Å²) in [6, 6.07) is 5.56. The first-order chi connectivity index (χ1) is 11.0. The van der Waals surface area contributed by atoms with Crippen molar-refractivity contribution in [3.05, 3.63) is 52.2 Å². The second-order valence-electron chi connectivity index (χ2n) is 4.91. The zero-order chi connectivity index (χ0) is 16.6. The van der Waals surface area contributed by atoms with Crippen LogP contribution in [0.15, 0.2) is 35.2 Å². The van der Waals surface area contributed by atoms with E-state index in [1.165, 1.54) is 11.7 Å². The van der Waals surface area contributed by atoms with E-state index in [9.17, 15) is 4.79 Å². The maximum Gasteiger partial charge on any atom is 0.368 e. The van der Waals surface area contributed by atoms with Gasteiger partial charge in [-0.2, -0.15) is 14.5 Å². The monoisotopic (exact) mass is 302 g/mol. The number of aromatic nitrogens is 6. The predicted molar refractivity (Wildman–Crippen MR) is 78.9 cm³/mol. The summed E-state index contributed by atoms with van der Waals surface area (Å²) in [6.45, 7) is 2.05. The zero-order valence-corrected chi connectivity index (χ0v) is 12.5. The molecular formula is C14H16N6O2. The van der Waals surface area contributed by atoms with Crippen LogP contribution < -0.4 is 10.4 Å². The van der Waals surface area contributed by atoms with Gasteiger partial charge in [-0.3, -0.25) is 4.68 Å². The Labute approximate surface area is 127 Å². The van der Waals surface area contributed by atoms with Crippen molar-refractivity contribution in [2.75, 3.05) is 0 Å². The van der Waals surface area contributed by atoms with Gasteiger partial charge in [0.25, 0.3) is 0 Å². The van der Waals surface area contributed by atoms with Crippen LogP contribution in [0.5, 0.6) is 5.75 Å². The van der Waals surface area contributed by atoms with Crippen molar-refractivity contribution in [2.45, 2.75) is 13.5 Å². The number of hydrogen-bond donors (Lipinski definition) is 0. The maximum absolute atomic E-state index is 12.0. The molecule has 0 atom stereocenters. The van der Waals surface area contributed by atoms with Crippen LogP contribution in [0.1, 0.15) is 12.6 Å². The molecule has 8 nitrogen and oxygen atoms in total. The van der Waals surface area contributed by atoms with Gasteiger partial charge < -0.3 is 4.74 Å². The quantitative estimate of drug-likeness (QED) is 0.704. The van der Waals surface area contributed by atoms with Gasteiger partial charge in [-0.05, 0) is 29.0 Å². The van der Waals surface area contributed by atoms with Crippen molar-refractivity contribution in [2.24, 2.45) is 14.1 Å². The summed E-state index contributed by atoms with van der Waals surface area (Å²) in [6.07, 6.45) is 1.69. The van der Waals surface area contributed by atoms with E-state index in [0.717, 1.165) is 10.2 Å². The molecule has 114 valence electrons. The molecule has 0 saturated carbocycles. The molecule has 8 heteroatoms. The molecule has 0 unspecified atom stereocenters. The largest absolute Gasteiger partial charge is 0.487 e. The fraction of sp³-hybridized carbons (Fsp3) is 0.286. The molecule has 0 N–H and O–H groups in total. The Morgan fingerprint density at radius 2 is 2.14 bits per heavy atom. The van der Waals surface area contributed by atoms with Gasteiger partial charge >= 0.3 is 5.69 Å². The second kappa shape index (κ2) is 5.47. The molecule has 0 aliphatic rings. The molecule has 1 aromatic carbocycles. The molecule has 0 radical (unpaired) electrons. The molecule has 0 aliphatic carbocycles. The van der Waals surface area contributed by atoms with Crippen molar-refractivity contribution in [1.29, 1.82) is 0 Å². The minimum absolute atomic E-state index is 0.178. The van der Waals surface area contributed by atoms with Crippen molar-refractivity contribution >= 4 is 0 Å². The van der Waals surface area contributed by atoms with Crippen LogP contribution in [0.25, 0.3) is 5.69 Å². The first-order valence-electron chi connectivity index (χ1n) is 7.17. The third kappa shape index (κ3) is 2.50. The Hall–Kier alpha value is -2.90. The number of nitrogens with zero attached hydrogens (tertiary/aromatic N) is 6.